The zero-order valence-corrected chi connectivity index (χ0v) is 11.2. The van der Waals surface area contributed by atoms with Crippen LogP contribution in [0.2, 0.25) is 0 Å². The summed E-state index contributed by atoms with van der Waals surface area (Å²) in [6.45, 7) is 0.166. The first-order valence-electron chi connectivity index (χ1n) is 5.57. The van der Waals surface area contributed by atoms with Crippen molar-refractivity contribution in [2.45, 2.75) is 13.1 Å². The van der Waals surface area contributed by atoms with Gasteiger partial charge in [0.1, 0.15) is 11.5 Å². The highest BCUT2D eigenvalue weighted by Crippen LogP contribution is 2.24. The summed E-state index contributed by atoms with van der Waals surface area (Å²) in [5, 5.41) is 8.86. The van der Waals surface area contributed by atoms with Gasteiger partial charge < -0.3 is 15.7 Å². The lowest BCUT2D eigenvalue weighted by Gasteiger charge is -2.25. The fourth-order valence-corrected chi connectivity index (χ4v) is 1.99. The van der Waals surface area contributed by atoms with E-state index in [1.165, 1.54) is 6.07 Å². The molecular weight excluding hydrogens is 277 g/mol. The molecule has 0 unspecified atom stereocenters. The van der Waals surface area contributed by atoms with Crippen molar-refractivity contribution in [2.75, 3.05) is 24.6 Å². The molecule has 1 rings (SSSR count). The first-order chi connectivity index (χ1) is 8.74. The van der Waals surface area contributed by atoms with E-state index in [0.29, 0.717) is 16.8 Å². The number of hydrogen-bond donors (Lipinski definition) is 2. The summed E-state index contributed by atoms with van der Waals surface area (Å²) in [7, 11) is 0. The number of aryl methyl sites for hydroxylation is 1. The van der Waals surface area contributed by atoms with Gasteiger partial charge in [0, 0.05) is 17.8 Å². The van der Waals surface area contributed by atoms with E-state index >= 15 is 0 Å². The zero-order chi connectivity index (χ0) is 14.6. The van der Waals surface area contributed by atoms with Crippen LogP contribution >= 0.6 is 12.2 Å². The number of nitrogens with two attached hydrogens (primary N) is 1. The molecule has 3 nitrogen and oxygen atoms in total. The molecule has 0 bridgehead atoms. The number of nitrogens with zero attached hydrogens (tertiary/aromatic N) is 1. The molecular formula is C12H15F3N2OS. The highest BCUT2D eigenvalue weighted by molar-refractivity contribution is 7.80. The zero-order valence-electron chi connectivity index (χ0n) is 10.4. The molecule has 0 fully saturated rings. The number of aliphatic hydroxyl groups excluding tert-OH is 1. The number of alkyl halides is 3. The highest BCUT2D eigenvalue weighted by Gasteiger charge is 2.30. The lowest BCUT2D eigenvalue weighted by Crippen LogP contribution is -2.36. The normalized spacial score (nSPS) is 11.4. The van der Waals surface area contributed by atoms with Crippen LogP contribution in [-0.4, -0.2) is 36.0 Å². The quantitative estimate of drug-likeness (QED) is 0.815. The van der Waals surface area contributed by atoms with Crippen molar-refractivity contribution in [3.63, 3.8) is 0 Å². The number of aliphatic hydroxyl groups is 1. The first-order valence-corrected chi connectivity index (χ1v) is 5.98. The third-order valence-corrected chi connectivity index (χ3v) is 2.80. The molecule has 0 aliphatic carbocycles. The van der Waals surface area contributed by atoms with Crippen LogP contribution in [0.3, 0.4) is 0 Å². The van der Waals surface area contributed by atoms with Crippen molar-refractivity contribution in [3.8, 4) is 0 Å². The number of halogens is 3. The average Bonchev–Trinajstić information content (AvgIpc) is 2.26. The van der Waals surface area contributed by atoms with Gasteiger partial charge in [-0.25, -0.2) is 0 Å². The van der Waals surface area contributed by atoms with Crippen LogP contribution in [0.4, 0.5) is 18.9 Å². The smallest absolute Gasteiger partial charge is 0.395 e. The SMILES string of the molecule is Cc1cc(N(CCO)CC(F)(F)F)ccc1C(N)=S. The van der Waals surface area contributed by atoms with Gasteiger partial charge in [0.15, 0.2) is 0 Å². The Morgan fingerprint density at radius 1 is 1.42 bits per heavy atom. The highest BCUT2D eigenvalue weighted by atomic mass is 32.1. The van der Waals surface area contributed by atoms with Crippen molar-refractivity contribution in [3.05, 3.63) is 29.3 Å². The monoisotopic (exact) mass is 292 g/mol. The molecule has 106 valence electrons. The average molecular weight is 292 g/mol. The Labute approximate surface area is 114 Å². The molecule has 0 saturated carbocycles. The van der Waals surface area contributed by atoms with Crippen LogP contribution in [0.15, 0.2) is 18.2 Å². The van der Waals surface area contributed by atoms with Gasteiger partial charge >= 0.3 is 6.18 Å². The van der Waals surface area contributed by atoms with E-state index < -0.39 is 12.7 Å². The second-order valence-electron chi connectivity index (χ2n) is 4.12. The third kappa shape index (κ3) is 4.68. The van der Waals surface area contributed by atoms with Gasteiger partial charge in [-0.05, 0) is 30.7 Å². The van der Waals surface area contributed by atoms with Crippen molar-refractivity contribution in [1.82, 2.24) is 0 Å². The van der Waals surface area contributed by atoms with Crippen molar-refractivity contribution in [1.29, 1.82) is 0 Å². The summed E-state index contributed by atoms with van der Waals surface area (Å²) in [5.74, 6) is 0. The minimum absolute atomic E-state index is 0.0919. The summed E-state index contributed by atoms with van der Waals surface area (Å²) in [5.41, 5.74) is 7.22. The first kappa shape index (κ1) is 15.7. The van der Waals surface area contributed by atoms with E-state index in [1.54, 1.807) is 19.1 Å². The van der Waals surface area contributed by atoms with Crippen LogP contribution < -0.4 is 10.6 Å². The van der Waals surface area contributed by atoms with Crippen LogP contribution in [0.5, 0.6) is 0 Å². The predicted octanol–water partition coefficient (Wildman–Crippen LogP) is 1.99. The van der Waals surface area contributed by atoms with Crippen LogP contribution in [0.25, 0.3) is 0 Å². The molecule has 0 heterocycles. The number of anilines is 1. The summed E-state index contributed by atoms with van der Waals surface area (Å²) in [6, 6.07) is 4.69. The second kappa shape index (κ2) is 6.21. The van der Waals surface area contributed by atoms with Crippen molar-refractivity contribution in [2.24, 2.45) is 5.73 Å². The lowest BCUT2D eigenvalue weighted by molar-refractivity contribution is -0.119. The Morgan fingerprint density at radius 2 is 2.05 bits per heavy atom. The predicted molar refractivity (Wildman–Crippen MR) is 72.4 cm³/mol. The molecule has 0 atom stereocenters. The van der Waals surface area contributed by atoms with Crippen LogP contribution in [-0.2, 0) is 0 Å². The molecule has 7 heteroatoms. The Morgan fingerprint density at radius 3 is 2.47 bits per heavy atom. The molecule has 3 N–H and O–H groups in total. The minimum atomic E-state index is -4.33. The molecule has 0 aliphatic heterocycles. The molecule has 0 amide bonds. The summed E-state index contributed by atoms with van der Waals surface area (Å²) >= 11 is 4.84. The van der Waals surface area contributed by atoms with Gasteiger partial charge in [-0.2, -0.15) is 13.2 Å². The largest absolute Gasteiger partial charge is 0.405 e. The molecule has 1 aromatic rings. The fourth-order valence-electron chi connectivity index (χ4n) is 1.76. The van der Waals surface area contributed by atoms with Gasteiger partial charge in [-0.1, -0.05) is 12.2 Å². The molecule has 0 radical (unpaired) electrons. The van der Waals surface area contributed by atoms with Crippen molar-refractivity contribution >= 4 is 22.9 Å². The minimum Gasteiger partial charge on any atom is -0.395 e. The number of hydrogen-bond acceptors (Lipinski definition) is 3. The number of thiocarbonyl (C=S) groups is 1. The van der Waals surface area contributed by atoms with E-state index in [4.69, 9.17) is 23.1 Å². The maximum absolute atomic E-state index is 12.5. The third-order valence-electron chi connectivity index (χ3n) is 2.58. The van der Waals surface area contributed by atoms with E-state index in [1.807, 2.05) is 0 Å². The van der Waals surface area contributed by atoms with E-state index in [-0.39, 0.29) is 18.1 Å². The molecule has 1 aromatic carbocycles. The summed E-state index contributed by atoms with van der Waals surface area (Å²) in [4.78, 5) is 1.27. The molecule has 19 heavy (non-hydrogen) atoms. The van der Waals surface area contributed by atoms with Crippen molar-refractivity contribution < 1.29 is 18.3 Å². The second-order valence-corrected chi connectivity index (χ2v) is 4.56. The number of benzene rings is 1. The Kier molecular flexibility index (Phi) is 5.13. The fraction of sp³-hybridized carbons (Fsp3) is 0.417. The van der Waals surface area contributed by atoms with Crippen LogP contribution in [0.1, 0.15) is 11.1 Å². The maximum Gasteiger partial charge on any atom is 0.405 e. The maximum atomic E-state index is 12.5. The van der Waals surface area contributed by atoms with Gasteiger partial charge in [-0.15, -0.1) is 0 Å². The van der Waals surface area contributed by atoms with Gasteiger partial charge in [0.2, 0.25) is 0 Å². The van der Waals surface area contributed by atoms with E-state index in [0.717, 1.165) is 4.90 Å². The van der Waals surface area contributed by atoms with Gasteiger partial charge in [0.05, 0.1) is 6.61 Å². The summed E-state index contributed by atoms with van der Waals surface area (Å²) < 4.78 is 37.4. The molecule has 0 spiro atoms. The van der Waals surface area contributed by atoms with E-state index in [2.05, 4.69) is 0 Å². The van der Waals surface area contributed by atoms with Gasteiger partial charge in [-0.3, -0.25) is 0 Å². The van der Waals surface area contributed by atoms with Gasteiger partial charge in [0.25, 0.3) is 0 Å². The summed E-state index contributed by atoms with van der Waals surface area (Å²) in [6.07, 6.45) is -4.33. The standard InChI is InChI=1S/C12H15F3N2OS/c1-8-6-9(2-3-10(8)11(16)19)17(4-5-18)7-12(13,14)15/h2-3,6,18H,4-5,7H2,1H3,(H2,16,19). The number of rotatable bonds is 5. The molecule has 0 saturated heterocycles. The Balaban J connectivity index is 3.03. The topological polar surface area (TPSA) is 49.5 Å². The molecule has 0 aliphatic rings. The van der Waals surface area contributed by atoms with E-state index in [9.17, 15) is 13.2 Å². The Bertz CT molecular complexity index is 463. The Hall–Kier alpha value is -1.34. The lowest BCUT2D eigenvalue weighted by atomic mass is 10.1. The van der Waals surface area contributed by atoms with Crippen LogP contribution in [0, 0.1) is 6.92 Å². The molecule has 0 aromatic heterocycles.